The lowest BCUT2D eigenvalue weighted by Gasteiger charge is -2.13. The van der Waals surface area contributed by atoms with Gasteiger partial charge in [-0.25, -0.2) is 23.7 Å². The number of rotatable bonds is 5. The highest BCUT2D eigenvalue weighted by Crippen LogP contribution is 2.33. The van der Waals surface area contributed by atoms with E-state index in [-0.39, 0.29) is 11.4 Å². The first-order chi connectivity index (χ1) is 18.6. The zero-order valence-electron chi connectivity index (χ0n) is 20.0. The molecule has 2 aromatic carbocycles. The van der Waals surface area contributed by atoms with Gasteiger partial charge in [-0.05, 0) is 73.2 Å². The van der Waals surface area contributed by atoms with Crippen molar-refractivity contribution < 1.29 is 31.9 Å². The number of imidazole rings is 1. The second-order valence-electron chi connectivity index (χ2n) is 8.38. The molecule has 0 bridgehead atoms. The largest absolute Gasteiger partial charge is 0.491 e. The number of esters is 1. The van der Waals surface area contributed by atoms with Crippen LogP contribution in [0.15, 0.2) is 79.1 Å². The molecule has 196 valence electrons. The molecule has 12 heteroatoms. The average molecular weight is 535 g/mol. The van der Waals surface area contributed by atoms with Crippen LogP contribution in [0.1, 0.15) is 15.9 Å². The molecule has 3 heterocycles. The number of halogens is 4. The Morgan fingerprint density at radius 3 is 2.46 bits per heavy atom. The van der Waals surface area contributed by atoms with Crippen molar-refractivity contribution in [3.63, 3.8) is 0 Å². The number of hydrogen-bond acceptors (Lipinski definition) is 6. The third-order valence-corrected chi connectivity index (χ3v) is 5.60. The van der Waals surface area contributed by atoms with E-state index in [2.05, 4.69) is 25.1 Å². The second kappa shape index (κ2) is 9.97. The Balaban J connectivity index is 1.51. The summed E-state index contributed by atoms with van der Waals surface area (Å²) in [4.78, 5) is 33.2. The minimum atomic E-state index is -5.24. The zero-order valence-corrected chi connectivity index (χ0v) is 20.0. The molecular weight excluding hydrogens is 518 g/mol. The van der Waals surface area contributed by atoms with Crippen molar-refractivity contribution >= 4 is 23.3 Å². The third-order valence-electron chi connectivity index (χ3n) is 5.60. The molecule has 0 aliphatic rings. The number of carbonyl (C=O) groups excluding carboxylic acids is 2. The Hall–Kier alpha value is -5.13. The van der Waals surface area contributed by atoms with Gasteiger partial charge in [-0.1, -0.05) is 6.07 Å². The van der Waals surface area contributed by atoms with Gasteiger partial charge in [0.15, 0.2) is 5.65 Å². The van der Waals surface area contributed by atoms with Gasteiger partial charge >= 0.3 is 12.1 Å². The van der Waals surface area contributed by atoms with Crippen LogP contribution in [-0.2, 0) is 4.79 Å². The number of nitrogens with one attached hydrogen (secondary N) is 1. The number of nitrogens with zero attached hydrogens (tertiary/aromatic N) is 4. The van der Waals surface area contributed by atoms with Crippen molar-refractivity contribution in [2.45, 2.75) is 13.1 Å². The molecule has 0 radical (unpaired) electrons. The van der Waals surface area contributed by atoms with Gasteiger partial charge in [-0.2, -0.15) is 18.3 Å². The number of ether oxygens (including phenoxy) is 1. The van der Waals surface area contributed by atoms with E-state index >= 15 is 0 Å². The lowest BCUT2D eigenvalue weighted by Crippen LogP contribution is -2.29. The highest BCUT2D eigenvalue weighted by atomic mass is 19.4. The van der Waals surface area contributed by atoms with Crippen LogP contribution in [0, 0.1) is 12.7 Å². The summed E-state index contributed by atoms with van der Waals surface area (Å²) >= 11 is 0. The van der Waals surface area contributed by atoms with E-state index in [1.165, 1.54) is 36.5 Å². The molecule has 1 N–H and O–H groups in total. The van der Waals surface area contributed by atoms with E-state index in [1.54, 1.807) is 48.0 Å². The summed E-state index contributed by atoms with van der Waals surface area (Å²) in [7, 11) is 0. The monoisotopic (exact) mass is 535 g/mol. The zero-order chi connectivity index (χ0) is 27.7. The Kier molecular flexibility index (Phi) is 6.52. The molecule has 0 aliphatic carbocycles. The first kappa shape index (κ1) is 25.5. The number of carbonyl (C=O) groups is 2. The molecule has 0 unspecified atom stereocenters. The quantitative estimate of drug-likeness (QED) is 0.178. The number of anilines is 1. The van der Waals surface area contributed by atoms with Crippen molar-refractivity contribution in [2.75, 3.05) is 5.32 Å². The predicted molar refractivity (Wildman–Crippen MR) is 132 cm³/mol. The van der Waals surface area contributed by atoms with Gasteiger partial charge in [0, 0.05) is 23.5 Å². The van der Waals surface area contributed by atoms with Gasteiger partial charge in [0.2, 0.25) is 0 Å². The number of aromatic nitrogens is 4. The van der Waals surface area contributed by atoms with E-state index in [0.717, 1.165) is 6.07 Å². The van der Waals surface area contributed by atoms with Crippen molar-refractivity contribution in [1.82, 2.24) is 19.6 Å². The van der Waals surface area contributed by atoms with Gasteiger partial charge < -0.3 is 10.1 Å². The highest BCUT2D eigenvalue weighted by Gasteiger charge is 2.42. The van der Waals surface area contributed by atoms with Crippen molar-refractivity contribution in [2.24, 2.45) is 0 Å². The normalized spacial score (nSPS) is 11.4. The van der Waals surface area contributed by atoms with Crippen LogP contribution in [0.25, 0.3) is 28.2 Å². The molecule has 0 atom stereocenters. The third kappa shape index (κ3) is 5.30. The molecule has 0 fully saturated rings. The summed E-state index contributed by atoms with van der Waals surface area (Å²) in [5.41, 5.74) is 2.89. The molecule has 0 saturated carbocycles. The number of alkyl halides is 3. The van der Waals surface area contributed by atoms with Gasteiger partial charge in [-0.15, -0.1) is 0 Å². The first-order valence-electron chi connectivity index (χ1n) is 11.4. The number of pyridine rings is 1. The molecule has 0 aliphatic heterocycles. The maximum atomic E-state index is 13.6. The van der Waals surface area contributed by atoms with Gasteiger partial charge in [-0.3, -0.25) is 4.79 Å². The number of amides is 1. The summed E-state index contributed by atoms with van der Waals surface area (Å²) in [5.74, 6) is -4.19. The van der Waals surface area contributed by atoms with Crippen molar-refractivity contribution in [1.29, 1.82) is 0 Å². The maximum absolute atomic E-state index is 13.6. The van der Waals surface area contributed by atoms with Gasteiger partial charge in [0.1, 0.15) is 23.1 Å². The fourth-order valence-corrected chi connectivity index (χ4v) is 3.85. The standard InChI is InChI=1S/C27H17F4N5O3/c1-15-4-9-19(20(13-15)39-26(38)27(29,30)31)25(37)34-21-14-17(10-12-32-21)24-23(16-5-7-18(28)8-6-16)35-22-3-2-11-33-36(22)24/h2-14H,1H3,(H,32,34,37). The van der Waals surface area contributed by atoms with Crippen LogP contribution >= 0.6 is 0 Å². The lowest BCUT2D eigenvalue weighted by atomic mass is 10.1. The molecule has 39 heavy (non-hydrogen) atoms. The first-order valence-corrected chi connectivity index (χ1v) is 11.4. The number of benzene rings is 2. The average Bonchev–Trinajstić information content (AvgIpc) is 3.28. The Labute approximate surface area is 217 Å². The molecule has 0 spiro atoms. The summed E-state index contributed by atoms with van der Waals surface area (Å²) < 4.78 is 57.9. The SMILES string of the molecule is Cc1ccc(C(=O)Nc2cc(-c3c(-c4ccc(F)cc4)nc4cccnn34)ccn2)c(OC(=O)C(F)(F)F)c1. The summed E-state index contributed by atoms with van der Waals surface area (Å²) in [6.07, 6.45) is -2.25. The van der Waals surface area contributed by atoms with E-state index in [4.69, 9.17) is 0 Å². The predicted octanol–water partition coefficient (Wildman–Crippen LogP) is 5.63. The summed E-state index contributed by atoms with van der Waals surface area (Å²) in [6, 6.07) is 16.3. The molecule has 5 rings (SSSR count). The molecule has 5 aromatic rings. The van der Waals surface area contributed by atoms with Crippen LogP contribution in [0.4, 0.5) is 23.4 Å². The summed E-state index contributed by atoms with van der Waals surface area (Å²) in [5, 5.41) is 6.88. The summed E-state index contributed by atoms with van der Waals surface area (Å²) in [6.45, 7) is 1.57. The molecule has 8 nitrogen and oxygen atoms in total. The van der Waals surface area contributed by atoms with E-state index in [0.29, 0.717) is 33.7 Å². The topological polar surface area (TPSA) is 98.5 Å². The number of fused-ring (bicyclic) bond motifs is 1. The molecule has 3 aromatic heterocycles. The highest BCUT2D eigenvalue weighted by molar-refractivity contribution is 6.06. The maximum Gasteiger partial charge on any atom is 0.491 e. The Bertz CT molecular complexity index is 1720. The Morgan fingerprint density at radius 1 is 0.949 bits per heavy atom. The van der Waals surface area contributed by atoms with E-state index in [9.17, 15) is 27.2 Å². The lowest BCUT2D eigenvalue weighted by molar-refractivity contribution is -0.189. The van der Waals surface area contributed by atoms with E-state index < -0.39 is 29.6 Å². The van der Waals surface area contributed by atoms with Gasteiger partial charge in [0.05, 0.1) is 11.3 Å². The van der Waals surface area contributed by atoms with Crippen LogP contribution in [0.3, 0.4) is 0 Å². The van der Waals surface area contributed by atoms with Crippen molar-refractivity contribution in [3.05, 3.63) is 96.1 Å². The Morgan fingerprint density at radius 2 is 1.72 bits per heavy atom. The minimum absolute atomic E-state index is 0.0575. The molecule has 1 amide bonds. The molecule has 0 saturated heterocycles. The van der Waals surface area contributed by atoms with Crippen LogP contribution < -0.4 is 10.1 Å². The fraction of sp³-hybridized carbons (Fsp3) is 0.0741. The van der Waals surface area contributed by atoms with Crippen molar-refractivity contribution in [3.8, 4) is 28.3 Å². The van der Waals surface area contributed by atoms with Crippen LogP contribution in [0.2, 0.25) is 0 Å². The van der Waals surface area contributed by atoms with Gasteiger partial charge in [0.25, 0.3) is 5.91 Å². The number of aryl methyl sites for hydroxylation is 1. The smallest absolute Gasteiger partial charge is 0.419 e. The molecular formula is C27H17F4N5O3. The van der Waals surface area contributed by atoms with E-state index in [1.807, 2.05) is 0 Å². The fourth-order valence-electron chi connectivity index (χ4n) is 3.85. The van der Waals surface area contributed by atoms with Crippen LogP contribution in [-0.4, -0.2) is 37.6 Å². The van der Waals surface area contributed by atoms with Crippen LogP contribution in [0.5, 0.6) is 5.75 Å². The number of hydrogen-bond donors (Lipinski definition) is 1. The second-order valence-corrected chi connectivity index (χ2v) is 8.38. The minimum Gasteiger partial charge on any atom is -0.419 e.